The van der Waals surface area contributed by atoms with Crippen molar-refractivity contribution in [2.45, 2.75) is 25.3 Å². The Hall–Kier alpha value is -2.95. The molecule has 31 heavy (non-hydrogen) atoms. The van der Waals surface area contributed by atoms with Crippen LogP contribution in [0.2, 0.25) is 0 Å². The molecule has 4 rings (SSSR count). The van der Waals surface area contributed by atoms with Gasteiger partial charge in [-0.25, -0.2) is 31.6 Å². The molecule has 0 saturated carbocycles. The average Bonchev–Trinajstić information content (AvgIpc) is 2.69. The fourth-order valence-corrected chi connectivity index (χ4v) is 5.29. The summed E-state index contributed by atoms with van der Waals surface area (Å²) in [6.07, 6.45) is -1.71. The van der Waals surface area contributed by atoms with Crippen molar-refractivity contribution in [2.75, 3.05) is 16.8 Å². The van der Waals surface area contributed by atoms with Crippen molar-refractivity contribution < 1.29 is 21.6 Å². The first-order valence-corrected chi connectivity index (χ1v) is 11.3. The number of halogens is 3. The molecule has 3 heterocycles. The molecule has 0 aliphatic carbocycles. The molecule has 2 aromatic heterocycles. The van der Waals surface area contributed by atoms with Crippen molar-refractivity contribution in [3.05, 3.63) is 63.5 Å². The molecule has 0 amide bonds. The zero-order valence-corrected chi connectivity index (χ0v) is 17.5. The van der Waals surface area contributed by atoms with Crippen molar-refractivity contribution in [1.29, 1.82) is 0 Å². The lowest BCUT2D eigenvalue weighted by atomic mass is 10.0. The highest BCUT2D eigenvalue weighted by Crippen LogP contribution is 2.32. The topological polar surface area (TPSA) is 94.0 Å². The molecule has 1 fully saturated rings. The first kappa shape index (κ1) is 21.3. The predicted octanol–water partition coefficient (Wildman–Crippen LogP) is 3.09. The zero-order chi connectivity index (χ0) is 22.5. The maximum Gasteiger partial charge on any atom is 0.266 e. The second-order valence-corrected chi connectivity index (χ2v) is 9.77. The van der Waals surface area contributed by atoms with Gasteiger partial charge in [0.1, 0.15) is 23.6 Å². The Balaban J connectivity index is 1.76. The third-order valence-electron chi connectivity index (χ3n) is 5.50. The van der Waals surface area contributed by atoms with Gasteiger partial charge in [0.2, 0.25) is 0 Å². The van der Waals surface area contributed by atoms with Crippen LogP contribution < -0.4 is 10.9 Å². The Bertz CT molecular complexity index is 1330. The summed E-state index contributed by atoms with van der Waals surface area (Å²) < 4.78 is 65.1. The van der Waals surface area contributed by atoms with Crippen molar-refractivity contribution >= 4 is 26.7 Å². The van der Waals surface area contributed by atoms with E-state index in [0.29, 0.717) is 16.6 Å². The van der Waals surface area contributed by atoms with Gasteiger partial charge < -0.3 is 5.32 Å². The molecule has 0 unspecified atom stereocenters. The average molecular weight is 452 g/mol. The van der Waals surface area contributed by atoms with E-state index in [0.717, 1.165) is 6.07 Å². The minimum atomic E-state index is -3.14. The Morgan fingerprint density at radius 1 is 1.19 bits per heavy atom. The van der Waals surface area contributed by atoms with E-state index in [1.54, 1.807) is 13.0 Å². The molecule has 7 nitrogen and oxygen atoms in total. The summed E-state index contributed by atoms with van der Waals surface area (Å²) in [5, 5.41) is 3.45. The summed E-state index contributed by atoms with van der Waals surface area (Å²) in [5.41, 5.74) is -0.348. The van der Waals surface area contributed by atoms with Gasteiger partial charge >= 0.3 is 0 Å². The minimum absolute atomic E-state index is 0.0414. The van der Waals surface area contributed by atoms with Crippen molar-refractivity contribution in [3.63, 3.8) is 0 Å². The number of alkyl halides is 2. The first-order valence-electron chi connectivity index (χ1n) is 9.47. The summed E-state index contributed by atoms with van der Waals surface area (Å²) in [5.74, 6) is -1.35. The number of aryl methyl sites for hydroxylation is 1. The normalized spacial score (nSPS) is 17.0. The van der Waals surface area contributed by atoms with Crippen LogP contribution in [0.3, 0.4) is 0 Å². The molecule has 1 saturated heterocycles. The number of fused-ring (bicyclic) bond motifs is 1. The largest absolute Gasteiger partial charge is 0.363 e. The van der Waals surface area contributed by atoms with Gasteiger partial charge in [-0.3, -0.25) is 9.36 Å². The van der Waals surface area contributed by atoms with Crippen LogP contribution in [0, 0.1) is 5.82 Å². The van der Waals surface area contributed by atoms with E-state index < -0.39 is 39.6 Å². The Labute approximate surface area is 175 Å². The standard InChI is InChI=1S/C20H19F3N4O3S/c1-10(12-4-3-5-13(16(12)21)17(22)23)26-18-15-6-14(11-7-31(29,30)8-11)20(28)27(2)19(15)25-9-24-18/h3-6,9-11,17H,7-8H2,1-2H3,(H,24,25,26)/t10-/m1/s1. The highest BCUT2D eigenvalue weighted by Gasteiger charge is 2.36. The van der Waals surface area contributed by atoms with Gasteiger partial charge in [-0.15, -0.1) is 0 Å². The van der Waals surface area contributed by atoms with Gasteiger partial charge in [0, 0.05) is 24.1 Å². The molecule has 1 atom stereocenters. The molecular formula is C20H19F3N4O3S. The van der Waals surface area contributed by atoms with E-state index in [2.05, 4.69) is 15.3 Å². The van der Waals surface area contributed by atoms with E-state index in [9.17, 15) is 26.4 Å². The molecule has 11 heteroatoms. The summed E-state index contributed by atoms with van der Waals surface area (Å²) in [6, 6.07) is 4.63. The van der Waals surface area contributed by atoms with Crippen LogP contribution in [0.15, 0.2) is 35.4 Å². The third kappa shape index (κ3) is 3.78. The second-order valence-electron chi connectivity index (χ2n) is 7.61. The summed E-state index contributed by atoms with van der Waals surface area (Å²) in [7, 11) is -1.62. The van der Waals surface area contributed by atoms with Crippen LogP contribution in [0.5, 0.6) is 0 Å². The van der Waals surface area contributed by atoms with E-state index in [4.69, 9.17) is 0 Å². The van der Waals surface area contributed by atoms with Crippen molar-refractivity contribution in [2.24, 2.45) is 7.05 Å². The highest BCUT2D eigenvalue weighted by atomic mass is 32.2. The van der Waals surface area contributed by atoms with Crippen molar-refractivity contribution in [1.82, 2.24) is 14.5 Å². The maximum absolute atomic E-state index is 14.5. The number of pyridine rings is 1. The minimum Gasteiger partial charge on any atom is -0.363 e. The van der Waals surface area contributed by atoms with Crippen LogP contribution in [0.4, 0.5) is 19.0 Å². The van der Waals surface area contributed by atoms with E-state index in [1.165, 1.54) is 30.1 Å². The number of aromatic nitrogens is 3. The van der Waals surface area contributed by atoms with Gasteiger partial charge in [-0.1, -0.05) is 18.2 Å². The molecule has 1 aromatic carbocycles. The lowest BCUT2D eigenvalue weighted by molar-refractivity contribution is 0.146. The molecule has 3 aromatic rings. The van der Waals surface area contributed by atoms with Gasteiger partial charge in [0.25, 0.3) is 12.0 Å². The quantitative estimate of drug-likeness (QED) is 0.640. The number of hydrogen-bond donors (Lipinski definition) is 1. The van der Waals surface area contributed by atoms with Gasteiger partial charge in [-0.05, 0) is 13.0 Å². The highest BCUT2D eigenvalue weighted by molar-refractivity contribution is 7.92. The molecule has 1 N–H and O–H groups in total. The fourth-order valence-electron chi connectivity index (χ4n) is 3.80. The number of benzene rings is 1. The molecule has 164 valence electrons. The number of sulfone groups is 1. The summed E-state index contributed by atoms with van der Waals surface area (Å²) >= 11 is 0. The molecule has 0 spiro atoms. The number of nitrogens with zero attached hydrogens (tertiary/aromatic N) is 3. The van der Waals surface area contributed by atoms with Crippen molar-refractivity contribution in [3.8, 4) is 0 Å². The molecule has 1 aliphatic heterocycles. The Kier molecular flexibility index (Phi) is 5.24. The SMILES string of the molecule is C[C@@H](Nc1ncnc2c1cc(C1CS(=O)(=O)C1)c(=O)n2C)c1cccc(C(F)F)c1F. The van der Waals surface area contributed by atoms with Crippen LogP contribution in [-0.4, -0.2) is 34.5 Å². The zero-order valence-electron chi connectivity index (χ0n) is 16.6. The lowest BCUT2D eigenvalue weighted by Gasteiger charge is -2.26. The molecule has 0 bridgehead atoms. The summed E-state index contributed by atoms with van der Waals surface area (Å²) in [6.45, 7) is 1.60. The van der Waals surface area contributed by atoms with E-state index >= 15 is 0 Å². The Morgan fingerprint density at radius 2 is 1.87 bits per heavy atom. The lowest BCUT2D eigenvalue weighted by Crippen LogP contribution is -2.38. The first-order chi connectivity index (χ1) is 14.6. The number of nitrogens with one attached hydrogen (secondary N) is 1. The van der Waals surface area contributed by atoms with Crippen LogP contribution in [0.1, 0.15) is 42.0 Å². The molecule has 0 radical (unpaired) electrons. The molecule has 1 aliphatic rings. The van der Waals surface area contributed by atoms with Crippen LogP contribution >= 0.6 is 0 Å². The maximum atomic E-state index is 14.5. The van der Waals surface area contributed by atoms with Gasteiger partial charge in [-0.2, -0.15) is 0 Å². The Morgan fingerprint density at radius 3 is 2.52 bits per heavy atom. The van der Waals surface area contributed by atoms with Crippen LogP contribution in [0.25, 0.3) is 11.0 Å². The smallest absolute Gasteiger partial charge is 0.266 e. The van der Waals surface area contributed by atoms with E-state index in [1.807, 2.05) is 0 Å². The number of hydrogen-bond acceptors (Lipinski definition) is 6. The number of rotatable bonds is 5. The monoisotopic (exact) mass is 452 g/mol. The van der Waals surface area contributed by atoms with Crippen LogP contribution in [-0.2, 0) is 16.9 Å². The predicted molar refractivity (Wildman–Crippen MR) is 110 cm³/mol. The van der Waals surface area contributed by atoms with E-state index in [-0.39, 0.29) is 28.4 Å². The van der Waals surface area contributed by atoms with Gasteiger partial charge in [0.05, 0.1) is 28.5 Å². The number of anilines is 1. The fraction of sp³-hybridized carbons (Fsp3) is 0.350. The second kappa shape index (κ2) is 7.63. The molecular weight excluding hydrogens is 433 g/mol. The summed E-state index contributed by atoms with van der Waals surface area (Å²) in [4.78, 5) is 21.0. The third-order valence-corrected chi connectivity index (χ3v) is 7.32. The van der Waals surface area contributed by atoms with Gasteiger partial charge in [0.15, 0.2) is 9.84 Å².